The molecule has 1 amide bonds. The largest absolute Gasteiger partial charge is 0.494 e. The minimum absolute atomic E-state index is 0.00337. The van der Waals surface area contributed by atoms with Crippen LogP contribution in [0.5, 0.6) is 5.75 Å². The SMILES string of the molecule is COc1ccc(C(=O)N2CCO[C@H]3[C@@H](OC)CC[C@@H]32)cc1F. The van der Waals surface area contributed by atoms with E-state index in [9.17, 15) is 9.18 Å². The maximum atomic E-state index is 13.8. The third-order valence-corrected chi connectivity index (χ3v) is 4.50. The molecule has 2 aliphatic rings. The van der Waals surface area contributed by atoms with Crippen molar-refractivity contribution in [3.05, 3.63) is 29.6 Å². The van der Waals surface area contributed by atoms with Crippen LogP contribution >= 0.6 is 0 Å². The van der Waals surface area contributed by atoms with Gasteiger partial charge in [-0.05, 0) is 31.0 Å². The number of halogens is 1. The Morgan fingerprint density at radius 3 is 2.86 bits per heavy atom. The summed E-state index contributed by atoms with van der Waals surface area (Å²) in [6.07, 6.45) is 1.64. The number of rotatable bonds is 3. The van der Waals surface area contributed by atoms with Gasteiger partial charge < -0.3 is 19.1 Å². The molecule has 1 aromatic rings. The van der Waals surface area contributed by atoms with Crippen molar-refractivity contribution in [1.82, 2.24) is 4.90 Å². The molecule has 6 heteroatoms. The molecule has 2 fully saturated rings. The molecule has 0 N–H and O–H groups in total. The highest BCUT2D eigenvalue weighted by Gasteiger charge is 2.44. The monoisotopic (exact) mass is 309 g/mol. The summed E-state index contributed by atoms with van der Waals surface area (Å²) in [6, 6.07) is 4.30. The van der Waals surface area contributed by atoms with Crippen molar-refractivity contribution in [2.75, 3.05) is 27.4 Å². The first-order valence-corrected chi connectivity index (χ1v) is 7.44. The van der Waals surface area contributed by atoms with Crippen LogP contribution in [0, 0.1) is 5.82 Å². The molecule has 3 atom stereocenters. The first kappa shape index (κ1) is 15.2. The first-order chi connectivity index (χ1) is 10.7. The number of hydrogen-bond donors (Lipinski definition) is 0. The van der Waals surface area contributed by atoms with Crippen LogP contribution in [0.25, 0.3) is 0 Å². The molecule has 1 heterocycles. The standard InChI is InChI=1S/C16H20FNO4/c1-20-13-5-3-10(9-11(13)17)16(19)18-7-8-22-15-12(18)4-6-14(15)21-2/h3,5,9,12,14-15H,4,6-8H2,1-2H3/t12-,14-,15+/m0/s1. The summed E-state index contributed by atoms with van der Waals surface area (Å²) >= 11 is 0. The number of morpholine rings is 1. The van der Waals surface area contributed by atoms with Gasteiger partial charge >= 0.3 is 0 Å². The Morgan fingerprint density at radius 1 is 1.36 bits per heavy atom. The number of ether oxygens (including phenoxy) is 3. The maximum Gasteiger partial charge on any atom is 0.254 e. The predicted octanol–water partition coefficient (Wildman–Crippen LogP) is 1.85. The van der Waals surface area contributed by atoms with E-state index >= 15 is 0 Å². The van der Waals surface area contributed by atoms with E-state index in [1.165, 1.54) is 19.2 Å². The fourth-order valence-corrected chi connectivity index (χ4v) is 3.39. The number of methoxy groups -OCH3 is 2. The summed E-state index contributed by atoms with van der Waals surface area (Å²) in [4.78, 5) is 14.5. The lowest BCUT2D eigenvalue weighted by Gasteiger charge is -2.39. The highest BCUT2D eigenvalue weighted by atomic mass is 19.1. The van der Waals surface area contributed by atoms with Crippen LogP contribution < -0.4 is 4.74 Å². The van der Waals surface area contributed by atoms with Crippen molar-refractivity contribution < 1.29 is 23.4 Å². The second kappa shape index (κ2) is 6.22. The van der Waals surface area contributed by atoms with E-state index in [1.54, 1.807) is 18.1 Å². The Hall–Kier alpha value is -1.66. The van der Waals surface area contributed by atoms with Gasteiger partial charge in [-0.15, -0.1) is 0 Å². The van der Waals surface area contributed by atoms with Crippen molar-refractivity contribution in [1.29, 1.82) is 0 Å². The van der Waals surface area contributed by atoms with Gasteiger partial charge in [0.05, 0.1) is 25.9 Å². The third kappa shape index (κ3) is 2.57. The molecule has 5 nitrogen and oxygen atoms in total. The van der Waals surface area contributed by atoms with Crippen molar-refractivity contribution in [2.45, 2.75) is 31.1 Å². The van der Waals surface area contributed by atoms with Gasteiger partial charge in [0.25, 0.3) is 5.91 Å². The number of amides is 1. The topological polar surface area (TPSA) is 48.0 Å². The lowest BCUT2D eigenvalue weighted by Crippen LogP contribution is -2.53. The molecule has 1 aliphatic carbocycles. The summed E-state index contributed by atoms with van der Waals surface area (Å²) < 4.78 is 29.9. The average molecular weight is 309 g/mol. The number of benzene rings is 1. The second-order valence-electron chi connectivity index (χ2n) is 5.60. The van der Waals surface area contributed by atoms with Crippen LogP contribution in [-0.4, -0.2) is 56.4 Å². The van der Waals surface area contributed by atoms with Gasteiger partial charge in [0, 0.05) is 19.2 Å². The average Bonchev–Trinajstić information content (AvgIpc) is 2.97. The summed E-state index contributed by atoms with van der Waals surface area (Å²) in [7, 11) is 3.06. The van der Waals surface area contributed by atoms with Gasteiger partial charge in [-0.2, -0.15) is 0 Å². The van der Waals surface area contributed by atoms with Crippen LogP contribution in [0.4, 0.5) is 4.39 Å². The van der Waals surface area contributed by atoms with E-state index in [4.69, 9.17) is 14.2 Å². The second-order valence-corrected chi connectivity index (χ2v) is 5.60. The van der Waals surface area contributed by atoms with Crippen LogP contribution in [-0.2, 0) is 9.47 Å². The molecule has 0 radical (unpaired) electrons. The summed E-state index contributed by atoms with van der Waals surface area (Å²) in [6.45, 7) is 0.996. The zero-order valence-electron chi connectivity index (χ0n) is 12.8. The Kier molecular flexibility index (Phi) is 4.31. The zero-order chi connectivity index (χ0) is 15.7. The molecular formula is C16H20FNO4. The van der Waals surface area contributed by atoms with Crippen molar-refractivity contribution in [2.24, 2.45) is 0 Å². The summed E-state index contributed by atoms with van der Waals surface area (Å²) in [5, 5.41) is 0. The number of hydrogen-bond acceptors (Lipinski definition) is 4. The molecule has 1 saturated heterocycles. The van der Waals surface area contributed by atoms with Gasteiger partial charge in [-0.25, -0.2) is 4.39 Å². The first-order valence-electron chi connectivity index (χ1n) is 7.44. The molecule has 120 valence electrons. The molecular weight excluding hydrogens is 289 g/mol. The Balaban J connectivity index is 1.81. The molecule has 22 heavy (non-hydrogen) atoms. The fraction of sp³-hybridized carbons (Fsp3) is 0.562. The Morgan fingerprint density at radius 2 is 2.18 bits per heavy atom. The highest BCUT2D eigenvalue weighted by Crippen LogP contribution is 2.33. The number of carbonyl (C=O) groups is 1. The highest BCUT2D eigenvalue weighted by molar-refractivity contribution is 5.94. The molecule has 3 rings (SSSR count). The lowest BCUT2D eigenvalue weighted by atomic mass is 10.1. The molecule has 1 aromatic carbocycles. The molecule has 0 bridgehead atoms. The quantitative estimate of drug-likeness (QED) is 0.855. The summed E-state index contributed by atoms with van der Waals surface area (Å²) in [5.74, 6) is -0.562. The Labute approximate surface area is 128 Å². The smallest absolute Gasteiger partial charge is 0.254 e. The van der Waals surface area contributed by atoms with Crippen LogP contribution in [0.3, 0.4) is 0 Å². The fourth-order valence-electron chi connectivity index (χ4n) is 3.39. The van der Waals surface area contributed by atoms with Gasteiger partial charge in [-0.3, -0.25) is 4.79 Å². The van der Waals surface area contributed by atoms with Gasteiger partial charge in [-0.1, -0.05) is 0 Å². The van der Waals surface area contributed by atoms with E-state index in [2.05, 4.69) is 0 Å². The van der Waals surface area contributed by atoms with E-state index in [-0.39, 0.29) is 29.9 Å². The lowest BCUT2D eigenvalue weighted by molar-refractivity contribution is -0.0946. The van der Waals surface area contributed by atoms with E-state index in [0.717, 1.165) is 12.8 Å². The third-order valence-electron chi connectivity index (χ3n) is 4.50. The van der Waals surface area contributed by atoms with Gasteiger partial charge in [0.15, 0.2) is 11.6 Å². The van der Waals surface area contributed by atoms with Crippen molar-refractivity contribution >= 4 is 5.91 Å². The van der Waals surface area contributed by atoms with E-state index in [0.29, 0.717) is 18.7 Å². The van der Waals surface area contributed by atoms with Gasteiger partial charge in [0.1, 0.15) is 6.10 Å². The van der Waals surface area contributed by atoms with Crippen molar-refractivity contribution in [3.63, 3.8) is 0 Å². The molecule has 1 saturated carbocycles. The number of nitrogens with zero attached hydrogens (tertiary/aromatic N) is 1. The normalized spacial score (nSPS) is 27.6. The maximum absolute atomic E-state index is 13.8. The molecule has 0 spiro atoms. The Bertz CT molecular complexity index is 565. The van der Waals surface area contributed by atoms with Crippen molar-refractivity contribution in [3.8, 4) is 5.75 Å². The van der Waals surface area contributed by atoms with Crippen LogP contribution in [0.15, 0.2) is 18.2 Å². The number of carbonyl (C=O) groups excluding carboxylic acids is 1. The van der Waals surface area contributed by atoms with Gasteiger partial charge in [0.2, 0.25) is 0 Å². The van der Waals surface area contributed by atoms with Crippen LogP contribution in [0.2, 0.25) is 0 Å². The summed E-state index contributed by atoms with van der Waals surface area (Å²) in [5.41, 5.74) is 0.333. The zero-order valence-corrected chi connectivity index (χ0v) is 12.8. The molecule has 0 unspecified atom stereocenters. The predicted molar refractivity (Wildman–Crippen MR) is 77.5 cm³/mol. The number of fused-ring (bicyclic) bond motifs is 1. The van der Waals surface area contributed by atoms with Crippen LogP contribution in [0.1, 0.15) is 23.2 Å². The van der Waals surface area contributed by atoms with E-state index in [1.807, 2.05) is 0 Å². The minimum Gasteiger partial charge on any atom is -0.494 e. The molecule has 0 aromatic heterocycles. The molecule has 1 aliphatic heterocycles. The minimum atomic E-state index is -0.528. The van der Waals surface area contributed by atoms with E-state index < -0.39 is 5.82 Å².